The normalized spacial score (nSPS) is 35.6. The van der Waals surface area contributed by atoms with Gasteiger partial charge in [0, 0.05) is 38.4 Å². The predicted molar refractivity (Wildman–Crippen MR) is 131 cm³/mol. The number of fused-ring (bicyclic) bond motifs is 1. The Morgan fingerprint density at radius 2 is 1.86 bits per heavy atom. The van der Waals surface area contributed by atoms with Gasteiger partial charge in [-0.3, -0.25) is 19.3 Å². The Morgan fingerprint density at radius 1 is 1.14 bits per heavy atom. The van der Waals surface area contributed by atoms with Crippen molar-refractivity contribution < 1.29 is 29.0 Å². The van der Waals surface area contributed by atoms with Crippen molar-refractivity contribution in [3.8, 4) is 0 Å². The van der Waals surface area contributed by atoms with Gasteiger partial charge in [0.25, 0.3) is 0 Å². The molecule has 4 aliphatic heterocycles. The number of carbonyl (C=O) groups excluding carboxylic acids is 3. The van der Waals surface area contributed by atoms with Crippen LogP contribution in [0.1, 0.15) is 20.3 Å². The highest BCUT2D eigenvalue weighted by Gasteiger charge is 2.79. The van der Waals surface area contributed by atoms with Crippen LogP contribution in [0.3, 0.4) is 0 Å². The molecule has 3 N–H and O–H groups in total. The number of nitrogens with one attached hydrogen (secondary N) is 2. The second kappa shape index (κ2) is 9.74. The number of anilines is 1. The van der Waals surface area contributed by atoms with E-state index in [4.69, 9.17) is 9.47 Å². The van der Waals surface area contributed by atoms with Crippen LogP contribution in [-0.2, 0) is 23.9 Å². The van der Waals surface area contributed by atoms with E-state index in [2.05, 4.69) is 15.5 Å². The van der Waals surface area contributed by atoms with Gasteiger partial charge >= 0.3 is 0 Å². The van der Waals surface area contributed by atoms with E-state index in [9.17, 15) is 19.5 Å². The molecule has 0 saturated carbocycles. The Hall–Kier alpha value is -2.53. The molecule has 0 aliphatic carbocycles. The first kappa shape index (κ1) is 25.1. The van der Waals surface area contributed by atoms with E-state index < -0.39 is 29.1 Å². The number of rotatable bonds is 8. The topological polar surface area (TPSA) is 120 Å². The van der Waals surface area contributed by atoms with Crippen molar-refractivity contribution in [2.45, 2.75) is 37.5 Å². The van der Waals surface area contributed by atoms with Crippen molar-refractivity contribution in [1.29, 1.82) is 0 Å². The fraction of sp³-hybridized carbons (Fsp3) is 0.654. The number of carbonyl (C=O) groups is 3. The third kappa shape index (κ3) is 4.00. The molecule has 1 aromatic carbocycles. The van der Waals surface area contributed by atoms with Gasteiger partial charge in [0.2, 0.25) is 17.7 Å². The standard InChI is InChI=1S/C26H36N4O6/c1-17-16-26-20(19(25(17,2)36-26)22(32)28-18-6-4-3-5-7-18)24(34)30(10-13-31)21(26)23(33)27-8-9-29-11-14-35-15-12-29/h3-7,17,19-21,31H,8-16H2,1-2H3,(H,27,33)(H,28,32)/t17?,19-,20-,21?,25+,26?/m0/s1. The zero-order chi connectivity index (χ0) is 25.5. The summed E-state index contributed by atoms with van der Waals surface area (Å²) in [6.45, 7) is 7.74. The quantitative estimate of drug-likeness (QED) is 0.462. The molecule has 1 spiro atoms. The molecule has 36 heavy (non-hydrogen) atoms. The molecule has 4 saturated heterocycles. The fourth-order valence-electron chi connectivity index (χ4n) is 6.79. The number of aliphatic hydroxyl groups excluding tert-OH is 1. The van der Waals surface area contributed by atoms with E-state index in [0.717, 1.165) is 13.1 Å². The predicted octanol–water partition coefficient (Wildman–Crippen LogP) is 0.0765. The largest absolute Gasteiger partial charge is 0.395 e. The average molecular weight is 501 g/mol. The molecule has 4 heterocycles. The number of para-hydroxylation sites is 1. The summed E-state index contributed by atoms with van der Waals surface area (Å²) in [6, 6.07) is 8.23. The van der Waals surface area contributed by atoms with Gasteiger partial charge < -0.3 is 30.1 Å². The Kier molecular flexibility index (Phi) is 6.80. The molecule has 4 fully saturated rings. The molecular formula is C26H36N4O6. The Balaban J connectivity index is 1.40. The van der Waals surface area contributed by atoms with Crippen LogP contribution in [0.5, 0.6) is 0 Å². The maximum atomic E-state index is 13.8. The molecule has 3 amide bonds. The van der Waals surface area contributed by atoms with E-state index in [1.807, 2.05) is 32.0 Å². The van der Waals surface area contributed by atoms with Crippen molar-refractivity contribution in [2.24, 2.45) is 17.8 Å². The van der Waals surface area contributed by atoms with Crippen molar-refractivity contribution >= 4 is 23.4 Å². The summed E-state index contributed by atoms with van der Waals surface area (Å²) in [5.74, 6) is -2.46. The van der Waals surface area contributed by atoms with Gasteiger partial charge in [0.05, 0.1) is 37.3 Å². The lowest BCUT2D eigenvalue weighted by Crippen LogP contribution is -2.56. The summed E-state index contributed by atoms with van der Waals surface area (Å²) in [7, 11) is 0. The van der Waals surface area contributed by atoms with Crippen molar-refractivity contribution in [1.82, 2.24) is 15.1 Å². The number of amides is 3. The van der Waals surface area contributed by atoms with Gasteiger partial charge in [0.15, 0.2) is 0 Å². The van der Waals surface area contributed by atoms with Crippen LogP contribution >= 0.6 is 0 Å². The van der Waals surface area contributed by atoms with E-state index in [1.165, 1.54) is 4.90 Å². The van der Waals surface area contributed by atoms with E-state index >= 15 is 0 Å². The zero-order valence-corrected chi connectivity index (χ0v) is 20.9. The molecule has 6 atom stereocenters. The second-order valence-electron chi connectivity index (χ2n) is 10.6. The van der Waals surface area contributed by atoms with Gasteiger partial charge in [-0.05, 0) is 31.4 Å². The highest BCUT2D eigenvalue weighted by Crippen LogP contribution is 2.65. The van der Waals surface area contributed by atoms with Gasteiger partial charge in [-0.1, -0.05) is 25.1 Å². The smallest absolute Gasteiger partial charge is 0.245 e. The van der Waals surface area contributed by atoms with Gasteiger partial charge in [-0.25, -0.2) is 0 Å². The molecule has 10 nitrogen and oxygen atoms in total. The first-order valence-electron chi connectivity index (χ1n) is 12.9. The number of hydrogen-bond donors (Lipinski definition) is 3. The van der Waals surface area contributed by atoms with E-state index in [1.54, 1.807) is 12.1 Å². The second-order valence-corrected chi connectivity index (χ2v) is 10.6. The number of benzene rings is 1. The van der Waals surface area contributed by atoms with Gasteiger partial charge in [-0.15, -0.1) is 0 Å². The molecule has 3 unspecified atom stereocenters. The third-order valence-corrected chi connectivity index (χ3v) is 8.56. The summed E-state index contributed by atoms with van der Waals surface area (Å²) >= 11 is 0. The number of β-amino-alcohol motifs (C(OH)–C–C–N with tert-alkyl or cyclic N) is 1. The minimum absolute atomic E-state index is 0.0140. The lowest BCUT2D eigenvalue weighted by molar-refractivity contribution is -0.146. The molecule has 1 aromatic rings. The number of hydrogen-bond acceptors (Lipinski definition) is 7. The molecule has 0 aromatic heterocycles. The Bertz CT molecular complexity index is 1000. The van der Waals surface area contributed by atoms with E-state index in [0.29, 0.717) is 38.4 Å². The fourth-order valence-corrected chi connectivity index (χ4v) is 6.79. The average Bonchev–Trinajstić information content (AvgIpc) is 3.37. The summed E-state index contributed by atoms with van der Waals surface area (Å²) in [5.41, 5.74) is -1.34. The minimum atomic E-state index is -1.11. The molecule has 0 radical (unpaired) electrons. The SMILES string of the molecule is CC1CC23O[C@@]1(C)[C@H](C(=O)Nc1ccccc1)[C@H]2C(=O)N(CCO)C3C(=O)NCCN1CCOCC1. The zero-order valence-electron chi connectivity index (χ0n) is 20.9. The summed E-state index contributed by atoms with van der Waals surface area (Å²) in [6.07, 6.45) is 0.499. The number of aliphatic hydroxyl groups is 1. The van der Waals surface area contributed by atoms with Crippen molar-refractivity contribution in [2.75, 3.05) is 57.9 Å². The minimum Gasteiger partial charge on any atom is -0.395 e. The van der Waals surface area contributed by atoms with Crippen LogP contribution in [0.4, 0.5) is 5.69 Å². The summed E-state index contributed by atoms with van der Waals surface area (Å²) < 4.78 is 12.0. The molecular weight excluding hydrogens is 464 g/mol. The molecule has 10 heteroatoms. The summed E-state index contributed by atoms with van der Waals surface area (Å²) in [4.78, 5) is 44.6. The molecule has 5 rings (SSSR count). The maximum absolute atomic E-state index is 13.8. The van der Waals surface area contributed by atoms with Crippen LogP contribution in [0.15, 0.2) is 30.3 Å². The molecule has 4 aliphatic rings. The van der Waals surface area contributed by atoms with Gasteiger partial charge in [-0.2, -0.15) is 0 Å². The van der Waals surface area contributed by atoms with Crippen LogP contribution < -0.4 is 10.6 Å². The molecule has 2 bridgehead atoms. The van der Waals surface area contributed by atoms with Crippen LogP contribution in [0, 0.1) is 17.8 Å². The lowest BCUT2D eigenvalue weighted by atomic mass is 9.62. The highest BCUT2D eigenvalue weighted by atomic mass is 16.5. The lowest BCUT2D eigenvalue weighted by Gasteiger charge is -2.36. The van der Waals surface area contributed by atoms with Crippen LogP contribution in [0.2, 0.25) is 0 Å². The molecule has 196 valence electrons. The first-order chi connectivity index (χ1) is 17.3. The summed E-state index contributed by atoms with van der Waals surface area (Å²) in [5, 5.41) is 15.7. The number of ether oxygens (including phenoxy) is 2. The monoisotopic (exact) mass is 500 g/mol. The van der Waals surface area contributed by atoms with Crippen LogP contribution in [-0.4, -0.2) is 102 Å². The Morgan fingerprint density at radius 3 is 2.56 bits per heavy atom. The Labute approximate surface area is 211 Å². The third-order valence-electron chi connectivity index (χ3n) is 8.56. The maximum Gasteiger partial charge on any atom is 0.245 e. The van der Waals surface area contributed by atoms with E-state index in [-0.39, 0.29) is 36.8 Å². The number of nitrogens with zero attached hydrogens (tertiary/aromatic N) is 2. The number of morpholine rings is 1. The number of likely N-dealkylation sites (tertiary alicyclic amines) is 1. The van der Waals surface area contributed by atoms with Crippen molar-refractivity contribution in [3.05, 3.63) is 30.3 Å². The highest BCUT2D eigenvalue weighted by molar-refractivity contribution is 6.02. The van der Waals surface area contributed by atoms with Crippen LogP contribution in [0.25, 0.3) is 0 Å². The van der Waals surface area contributed by atoms with Crippen molar-refractivity contribution in [3.63, 3.8) is 0 Å². The van der Waals surface area contributed by atoms with Gasteiger partial charge in [0.1, 0.15) is 11.6 Å². The first-order valence-corrected chi connectivity index (χ1v) is 12.9.